The molecule has 0 fully saturated rings. The van der Waals surface area contributed by atoms with Crippen LogP contribution in [0.3, 0.4) is 0 Å². The molecule has 0 aromatic heterocycles. The van der Waals surface area contributed by atoms with Gasteiger partial charge >= 0.3 is 11.9 Å². The Bertz CT molecular complexity index is 908. The first kappa shape index (κ1) is 29.0. The largest absolute Gasteiger partial charge is 0.491 e. The molecule has 0 aliphatic rings. The van der Waals surface area contributed by atoms with Gasteiger partial charge in [0.15, 0.2) is 0 Å². The fourth-order valence-electron chi connectivity index (χ4n) is 2.76. The zero-order chi connectivity index (χ0) is 26.0. The van der Waals surface area contributed by atoms with Crippen LogP contribution in [-0.2, 0) is 18.9 Å². The zero-order valence-corrected chi connectivity index (χ0v) is 21.1. The molecule has 0 saturated heterocycles. The fraction of sp³-hybridized carbons (Fsp3) is 0.429. The molecule has 1 atom stereocenters. The van der Waals surface area contributed by atoms with Crippen molar-refractivity contribution in [1.82, 2.24) is 0 Å². The second-order valence-electron chi connectivity index (χ2n) is 7.99. The summed E-state index contributed by atoms with van der Waals surface area (Å²) in [4.78, 5) is 24.5. The summed E-state index contributed by atoms with van der Waals surface area (Å²) in [6.07, 6.45) is 2.63. The van der Waals surface area contributed by atoms with Crippen LogP contribution in [0.5, 0.6) is 11.5 Å². The molecule has 0 N–H and O–H groups in total. The van der Waals surface area contributed by atoms with Crippen molar-refractivity contribution in [3.63, 3.8) is 0 Å². The Balaban J connectivity index is 1.65. The van der Waals surface area contributed by atoms with E-state index in [1.807, 2.05) is 13.8 Å². The molecule has 8 nitrogen and oxygen atoms in total. The summed E-state index contributed by atoms with van der Waals surface area (Å²) in [6, 6.07) is 12.9. The second-order valence-corrected chi connectivity index (χ2v) is 7.99. The first-order chi connectivity index (χ1) is 17.5. The van der Waals surface area contributed by atoms with Crippen molar-refractivity contribution in [2.45, 2.75) is 20.3 Å². The first-order valence-electron chi connectivity index (χ1n) is 12.1. The lowest BCUT2D eigenvalue weighted by Crippen LogP contribution is -2.13. The van der Waals surface area contributed by atoms with Gasteiger partial charge in [-0.15, -0.1) is 6.58 Å². The van der Waals surface area contributed by atoms with Crippen LogP contribution >= 0.6 is 0 Å². The Morgan fingerprint density at radius 1 is 0.778 bits per heavy atom. The number of esters is 2. The van der Waals surface area contributed by atoms with Gasteiger partial charge in [0, 0.05) is 0 Å². The molecule has 0 radical (unpaired) electrons. The van der Waals surface area contributed by atoms with Crippen molar-refractivity contribution in [1.29, 1.82) is 0 Å². The van der Waals surface area contributed by atoms with Gasteiger partial charge in [-0.2, -0.15) is 0 Å². The Hall–Kier alpha value is -3.20. The third-order valence-corrected chi connectivity index (χ3v) is 5.06. The van der Waals surface area contributed by atoms with Gasteiger partial charge in [-0.05, 0) is 54.4 Å². The van der Waals surface area contributed by atoms with Crippen molar-refractivity contribution < 1.29 is 38.0 Å². The molecule has 0 bridgehead atoms. The Kier molecular flexibility index (Phi) is 13.9. The number of carbonyl (C=O) groups excluding carboxylic acids is 2. The highest BCUT2D eigenvalue weighted by atomic mass is 16.6. The molecule has 196 valence electrons. The Morgan fingerprint density at radius 2 is 1.31 bits per heavy atom. The van der Waals surface area contributed by atoms with Gasteiger partial charge < -0.3 is 28.4 Å². The van der Waals surface area contributed by atoms with Crippen LogP contribution in [0.1, 0.15) is 41.0 Å². The minimum atomic E-state index is -0.508. The molecule has 1 unspecified atom stereocenters. The van der Waals surface area contributed by atoms with Crippen LogP contribution in [-0.4, -0.2) is 64.8 Å². The molecule has 0 spiro atoms. The quantitative estimate of drug-likeness (QED) is 0.126. The average Bonchev–Trinajstić information content (AvgIpc) is 2.90. The number of rotatable bonds is 18. The van der Waals surface area contributed by atoms with Crippen LogP contribution in [0.2, 0.25) is 0 Å². The maximum absolute atomic E-state index is 12.4. The number of ether oxygens (including phenoxy) is 6. The number of carbonyl (C=O) groups is 2. The SMILES string of the molecule is C=CCOCCOCCOCCOc1ccc(C(=O)Oc2ccc(C(=O)OCC(C)CC)cc2)cc1. The summed E-state index contributed by atoms with van der Waals surface area (Å²) in [6.45, 7) is 11.3. The predicted molar refractivity (Wildman–Crippen MR) is 136 cm³/mol. The lowest BCUT2D eigenvalue weighted by Gasteiger charge is -2.10. The average molecular weight is 501 g/mol. The zero-order valence-electron chi connectivity index (χ0n) is 21.1. The van der Waals surface area contributed by atoms with Crippen molar-refractivity contribution in [3.05, 3.63) is 72.3 Å². The van der Waals surface area contributed by atoms with Crippen molar-refractivity contribution >= 4 is 11.9 Å². The van der Waals surface area contributed by atoms with Gasteiger partial charge in [0.2, 0.25) is 0 Å². The van der Waals surface area contributed by atoms with Crippen molar-refractivity contribution in [3.8, 4) is 11.5 Å². The second kappa shape index (κ2) is 17.3. The van der Waals surface area contributed by atoms with E-state index in [9.17, 15) is 9.59 Å². The molecular weight excluding hydrogens is 464 g/mol. The predicted octanol–water partition coefficient (Wildman–Crippen LogP) is 4.72. The summed E-state index contributed by atoms with van der Waals surface area (Å²) in [5, 5.41) is 0. The summed E-state index contributed by atoms with van der Waals surface area (Å²) in [5.74, 6) is 0.359. The van der Waals surface area contributed by atoms with Crippen LogP contribution in [0.4, 0.5) is 0 Å². The molecule has 2 aromatic rings. The molecule has 2 aromatic carbocycles. The van der Waals surface area contributed by atoms with Crippen LogP contribution < -0.4 is 9.47 Å². The minimum absolute atomic E-state index is 0.308. The Morgan fingerprint density at radius 3 is 1.89 bits per heavy atom. The molecule has 8 heteroatoms. The third-order valence-electron chi connectivity index (χ3n) is 5.06. The summed E-state index contributed by atoms with van der Waals surface area (Å²) in [5.41, 5.74) is 0.787. The molecule has 2 rings (SSSR count). The van der Waals surface area contributed by atoms with Gasteiger partial charge in [0.1, 0.15) is 18.1 Å². The molecule has 0 amide bonds. The fourth-order valence-corrected chi connectivity index (χ4v) is 2.76. The van der Waals surface area contributed by atoms with Crippen LogP contribution in [0.15, 0.2) is 61.2 Å². The topological polar surface area (TPSA) is 89.5 Å². The van der Waals surface area contributed by atoms with Gasteiger partial charge in [-0.3, -0.25) is 0 Å². The monoisotopic (exact) mass is 500 g/mol. The number of benzene rings is 2. The van der Waals surface area contributed by atoms with E-state index in [1.165, 1.54) is 0 Å². The van der Waals surface area contributed by atoms with Gasteiger partial charge in [-0.1, -0.05) is 26.3 Å². The molecule has 0 heterocycles. The van der Waals surface area contributed by atoms with Gasteiger partial charge in [0.05, 0.1) is 57.4 Å². The van der Waals surface area contributed by atoms with E-state index in [0.29, 0.717) is 81.4 Å². The maximum Gasteiger partial charge on any atom is 0.343 e. The molecule has 0 saturated carbocycles. The van der Waals surface area contributed by atoms with Gasteiger partial charge in [0.25, 0.3) is 0 Å². The summed E-state index contributed by atoms with van der Waals surface area (Å²) >= 11 is 0. The minimum Gasteiger partial charge on any atom is -0.491 e. The maximum atomic E-state index is 12.4. The summed E-state index contributed by atoms with van der Waals surface area (Å²) in [7, 11) is 0. The van der Waals surface area contributed by atoms with E-state index in [2.05, 4.69) is 6.58 Å². The van der Waals surface area contributed by atoms with E-state index in [-0.39, 0.29) is 0 Å². The normalized spacial score (nSPS) is 11.5. The standard InChI is InChI=1S/C28H36O8/c1-4-14-31-15-16-32-17-18-33-19-20-34-25-10-6-24(7-11-25)28(30)36-26-12-8-23(9-13-26)27(29)35-21-22(3)5-2/h4,6-13,22H,1,5,14-21H2,2-3H3. The Labute approximate surface area is 213 Å². The molecule has 0 aliphatic heterocycles. The third kappa shape index (κ3) is 11.5. The van der Waals surface area contributed by atoms with Crippen LogP contribution in [0, 0.1) is 5.92 Å². The van der Waals surface area contributed by atoms with E-state index < -0.39 is 11.9 Å². The highest BCUT2D eigenvalue weighted by Gasteiger charge is 2.12. The van der Waals surface area contributed by atoms with E-state index in [0.717, 1.165) is 6.42 Å². The smallest absolute Gasteiger partial charge is 0.343 e. The van der Waals surface area contributed by atoms with Gasteiger partial charge in [-0.25, -0.2) is 9.59 Å². The lowest BCUT2D eigenvalue weighted by atomic mass is 10.1. The highest BCUT2D eigenvalue weighted by molar-refractivity contribution is 5.92. The van der Waals surface area contributed by atoms with Crippen molar-refractivity contribution in [2.75, 3.05) is 52.9 Å². The molecular formula is C28H36O8. The van der Waals surface area contributed by atoms with Crippen molar-refractivity contribution in [2.24, 2.45) is 5.92 Å². The van der Waals surface area contributed by atoms with Crippen LogP contribution in [0.25, 0.3) is 0 Å². The van der Waals surface area contributed by atoms with E-state index >= 15 is 0 Å². The lowest BCUT2D eigenvalue weighted by molar-refractivity contribution is 0.0135. The number of hydrogen-bond donors (Lipinski definition) is 0. The highest BCUT2D eigenvalue weighted by Crippen LogP contribution is 2.17. The first-order valence-corrected chi connectivity index (χ1v) is 12.1. The van der Waals surface area contributed by atoms with E-state index in [1.54, 1.807) is 54.6 Å². The van der Waals surface area contributed by atoms with E-state index in [4.69, 9.17) is 28.4 Å². The number of hydrogen-bond acceptors (Lipinski definition) is 8. The summed E-state index contributed by atoms with van der Waals surface area (Å²) < 4.78 is 32.3. The molecule has 36 heavy (non-hydrogen) atoms. The molecule has 0 aliphatic carbocycles.